The lowest BCUT2D eigenvalue weighted by Gasteiger charge is -2.37. The number of nitrogens with zero attached hydrogens (tertiary/aromatic N) is 2. The largest absolute Gasteiger partial charge is 0.367 e. The molecule has 1 saturated heterocycles. The summed E-state index contributed by atoms with van der Waals surface area (Å²) < 4.78 is 14.5. The van der Waals surface area contributed by atoms with Crippen LogP contribution in [0, 0.1) is 18.7 Å². The van der Waals surface area contributed by atoms with Crippen LogP contribution in [-0.2, 0) is 0 Å². The number of hydrogen-bond acceptors (Lipinski definition) is 3. The topological polar surface area (TPSA) is 42.1 Å². The molecule has 3 rings (SSSR count). The maximum atomic E-state index is 14.5. The minimum Gasteiger partial charge on any atom is -0.367 e. The molecule has 0 saturated carbocycles. The molecule has 20 heavy (non-hydrogen) atoms. The van der Waals surface area contributed by atoms with Crippen LogP contribution < -0.4 is 10.6 Å². The maximum absolute atomic E-state index is 14.5. The molecular formula is C16H20FN3. The van der Waals surface area contributed by atoms with Gasteiger partial charge in [0, 0.05) is 30.7 Å². The molecule has 3 nitrogen and oxygen atoms in total. The van der Waals surface area contributed by atoms with Crippen molar-refractivity contribution in [2.75, 3.05) is 18.0 Å². The van der Waals surface area contributed by atoms with Crippen molar-refractivity contribution < 1.29 is 4.39 Å². The van der Waals surface area contributed by atoms with Crippen LogP contribution in [0.1, 0.15) is 18.9 Å². The summed E-state index contributed by atoms with van der Waals surface area (Å²) >= 11 is 0. The quantitative estimate of drug-likeness (QED) is 0.868. The predicted molar refractivity (Wildman–Crippen MR) is 80.4 cm³/mol. The second-order valence-corrected chi connectivity index (χ2v) is 5.93. The number of aromatic nitrogens is 1. The number of hydrogen-bond donors (Lipinski definition) is 1. The second-order valence-electron chi connectivity index (χ2n) is 5.93. The van der Waals surface area contributed by atoms with Gasteiger partial charge in [-0.15, -0.1) is 0 Å². The molecule has 0 aliphatic carbocycles. The lowest BCUT2D eigenvalue weighted by Crippen LogP contribution is -2.46. The Morgan fingerprint density at radius 3 is 2.95 bits per heavy atom. The van der Waals surface area contributed by atoms with Gasteiger partial charge in [-0.2, -0.15) is 0 Å². The Kier molecular flexibility index (Phi) is 3.34. The Bertz CT molecular complexity index is 631. The van der Waals surface area contributed by atoms with E-state index in [9.17, 15) is 4.39 Å². The van der Waals surface area contributed by atoms with E-state index in [1.165, 1.54) is 0 Å². The molecule has 1 aromatic heterocycles. The van der Waals surface area contributed by atoms with Gasteiger partial charge in [-0.1, -0.05) is 6.92 Å². The molecule has 1 aromatic carbocycles. The third-order valence-electron chi connectivity index (χ3n) is 4.01. The zero-order chi connectivity index (χ0) is 14.3. The average molecular weight is 273 g/mol. The highest BCUT2D eigenvalue weighted by molar-refractivity contribution is 5.94. The molecule has 0 radical (unpaired) electrons. The molecule has 2 aromatic rings. The van der Waals surface area contributed by atoms with E-state index in [0.29, 0.717) is 18.2 Å². The first-order valence-corrected chi connectivity index (χ1v) is 7.10. The first kappa shape index (κ1) is 13.3. The number of piperidine rings is 1. The summed E-state index contributed by atoms with van der Waals surface area (Å²) in [4.78, 5) is 6.47. The number of nitrogens with two attached hydrogens (primary N) is 1. The Morgan fingerprint density at radius 1 is 1.40 bits per heavy atom. The predicted octanol–water partition coefficient (Wildman–Crippen LogP) is 2.86. The summed E-state index contributed by atoms with van der Waals surface area (Å²) in [5.74, 6) is 0.301. The van der Waals surface area contributed by atoms with Crippen molar-refractivity contribution >= 4 is 16.6 Å². The first-order valence-electron chi connectivity index (χ1n) is 7.10. The van der Waals surface area contributed by atoms with Crippen LogP contribution in [0.15, 0.2) is 24.4 Å². The molecule has 0 bridgehead atoms. The number of fused-ring (bicyclic) bond motifs is 1. The van der Waals surface area contributed by atoms with Gasteiger partial charge in [-0.3, -0.25) is 4.98 Å². The van der Waals surface area contributed by atoms with E-state index in [1.807, 2.05) is 19.1 Å². The van der Waals surface area contributed by atoms with Crippen molar-refractivity contribution in [3.05, 3.63) is 35.8 Å². The summed E-state index contributed by atoms with van der Waals surface area (Å²) in [6, 6.07) is 5.48. The molecule has 0 spiro atoms. The van der Waals surface area contributed by atoms with Gasteiger partial charge in [0.15, 0.2) is 0 Å². The smallest absolute Gasteiger partial charge is 0.147 e. The number of pyridine rings is 1. The number of benzene rings is 1. The van der Waals surface area contributed by atoms with Gasteiger partial charge in [0.2, 0.25) is 0 Å². The van der Waals surface area contributed by atoms with Crippen molar-refractivity contribution in [1.82, 2.24) is 4.98 Å². The standard InChI is InChI=1S/C16H20FN3/c1-10-6-12(18)9-20(8-10)16-13-4-3-5-19-15(13)11(2)7-14(16)17/h3-5,7,10,12H,6,8-9,18H2,1-2H3/t10-,12+/m0/s1. The lowest BCUT2D eigenvalue weighted by atomic mass is 9.95. The molecule has 2 atom stereocenters. The van der Waals surface area contributed by atoms with Crippen molar-refractivity contribution in [2.45, 2.75) is 26.3 Å². The fourth-order valence-electron chi connectivity index (χ4n) is 3.27. The van der Waals surface area contributed by atoms with Crippen molar-refractivity contribution in [2.24, 2.45) is 11.7 Å². The summed E-state index contributed by atoms with van der Waals surface area (Å²) in [5, 5.41) is 0.881. The van der Waals surface area contributed by atoms with Crippen molar-refractivity contribution in [3.8, 4) is 0 Å². The first-order chi connectivity index (χ1) is 9.56. The minimum atomic E-state index is -0.177. The summed E-state index contributed by atoms with van der Waals surface area (Å²) in [5.41, 5.74) is 8.49. The van der Waals surface area contributed by atoms with E-state index < -0.39 is 0 Å². The molecule has 106 valence electrons. The zero-order valence-corrected chi connectivity index (χ0v) is 11.9. The van der Waals surface area contributed by atoms with E-state index in [2.05, 4.69) is 16.8 Å². The highest BCUT2D eigenvalue weighted by atomic mass is 19.1. The molecule has 1 aliphatic rings. The van der Waals surface area contributed by atoms with Crippen LogP contribution in [0.4, 0.5) is 10.1 Å². The Morgan fingerprint density at radius 2 is 2.20 bits per heavy atom. The molecular weight excluding hydrogens is 253 g/mol. The van der Waals surface area contributed by atoms with Crippen LogP contribution in [0.25, 0.3) is 10.9 Å². The summed E-state index contributed by atoms with van der Waals surface area (Å²) in [6.45, 7) is 5.61. The van der Waals surface area contributed by atoms with Gasteiger partial charge in [-0.05, 0) is 43.0 Å². The summed E-state index contributed by atoms with van der Waals surface area (Å²) in [7, 11) is 0. The van der Waals surface area contributed by atoms with Gasteiger partial charge < -0.3 is 10.6 Å². The van der Waals surface area contributed by atoms with Crippen molar-refractivity contribution in [3.63, 3.8) is 0 Å². The third-order valence-corrected chi connectivity index (χ3v) is 4.01. The third kappa shape index (κ3) is 2.24. The second kappa shape index (κ2) is 5.02. The van der Waals surface area contributed by atoms with Gasteiger partial charge in [0.1, 0.15) is 5.82 Å². The fourth-order valence-corrected chi connectivity index (χ4v) is 3.27. The van der Waals surface area contributed by atoms with Gasteiger partial charge in [0.05, 0.1) is 11.2 Å². The molecule has 4 heteroatoms. The van der Waals surface area contributed by atoms with Crippen LogP contribution in [0.3, 0.4) is 0 Å². The average Bonchev–Trinajstić information content (AvgIpc) is 2.37. The number of aryl methyl sites for hydroxylation is 1. The molecule has 0 amide bonds. The Balaban J connectivity index is 2.15. The number of anilines is 1. The SMILES string of the molecule is Cc1cc(F)c(N2C[C@@H](C)C[C@@H](N)C2)c2cccnc12. The zero-order valence-electron chi connectivity index (χ0n) is 11.9. The van der Waals surface area contributed by atoms with Crippen LogP contribution in [0.2, 0.25) is 0 Å². The number of halogens is 1. The van der Waals surface area contributed by atoms with Crippen molar-refractivity contribution in [1.29, 1.82) is 0 Å². The van der Waals surface area contributed by atoms with Gasteiger partial charge >= 0.3 is 0 Å². The fraction of sp³-hybridized carbons (Fsp3) is 0.438. The molecule has 0 unspecified atom stereocenters. The van der Waals surface area contributed by atoms with E-state index in [-0.39, 0.29) is 11.9 Å². The van der Waals surface area contributed by atoms with Gasteiger partial charge in [-0.25, -0.2) is 4.39 Å². The normalized spacial score (nSPS) is 23.3. The molecule has 2 N–H and O–H groups in total. The van der Waals surface area contributed by atoms with Crippen LogP contribution >= 0.6 is 0 Å². The highest BCUT2D eigenvalue weighted by Gasteiger charge is 2.26. The molecule has 2 heterocycles. The molecule has 1 fully saturated rings. The number of rotatable bonds is 1. The minimum absolute atomic E-state index is 0.103. The van der Waals surface area contributed by atoms with E-state index in [1.54, 1.807) is 12.3 Å². The lowest BCUT2D eigenvalue weighted by molar-refractivity contribution is 0.399. The Hall–Kier alpha value is -1.68. The summed E-state index contributed by atoms with van der Waals surface area (Å²) in [6.07, 6.45) is 2.75. The Labute approximate surface area is 118 Å². The molecule has 1 aliphatic heterocycles. The highest BCUT2D eigenvalue weighted by Crippen LogP contribution is 2.33. The van der Waals surface area contributed by atoms with E-state index in [4.69, 9.17) is 5.73 Å². The van der Waals surface area contributed by atoms with Gasteiger partial charge in [0.25, 0.3) is 0 Å². The van der Waals surface area contributed by atoms with Crippen LogP contribution in [0.5, 0.6) is 0 Å². The van der Waals surface area contributed by atoms with E-state index >= 15 is 0 Å². The van der Waals surface area contributed by atoms with Crippen LogP contribution in [-0.4, -0.2) is 24.1 Å². The van der Waals surface area contributed by atoms with E-state index in [0.717, 1.165) is 29.4 Å². The maximum Gasteiger partial charge on any atom is 0.147 e. The monoisotopic (exact) mass is 273 g/mol.